The number of nitrogens with zero attached hydrogens (tertiary/aromatic N) is 7. The molecule has 0 aliphatic carbocycles. The number of β-lactam (4-membered cyclic amide) rings is 1. The Hall–Kier alpha value is -4.53. The number of imidazole rings is 1. The van der Waals surface area contributed by atoms with E-state index in [4.69, 9.17) is 5.73 Å². The number of nitrogen functional groups attached to an aromatic ring is 1. The minimum Gasteiger partial charge on any atom is -0.477 e. The van der Waals surface area contributed by atoms with Crippen LogP contribution < -0.4 is 15.6 Å². The summed E-state index contributed by atoms with van der Waals surface area (Å²) >= 11 is 4.47. The van der Waals surface area contributed by atoms with Crippen molar-refractivity contribution >= 4 is 86.4 Å². The van der Waals surface area contributed by atoms with Gasteiger partial charge in [0.25, 0.3) is 11.8 Å². The first-order valence-corrected chi connectivity index (χ1v) is 16.2. The molecule has 4 aromatic rings. The quantitative estimate of drug-likeness (QED) is 0.0387. The van der Waals surface area contributed by atoms with Gasteiger partial charge in [-0.1, -0.05) is 22.0 Å². The first kappa shape index (κ1) is 29.5. The van der Waals surface area contributed by atoms with Crippen molar-refractivity contribution in [3.8, 4) is 0 Å². The lowest BCUT2D eigenvalue weighted by Crippen LogP contribution is -2.71. The number of fused-ring (bicyclic) bond motifs is 2. The van der Waals surface area contributed by atoms with E-state index < -0.39 is 40.9 Å². The summed E-state index contributed by atoms with van der Waals surface area (Å²) in [4.78, 5) is 59.7. The Balaban J connectivity index is 1.17. The number of hydrogen-bond acceptors (Lipinski definition) is 14. The molecule has 0 bridgehead atoms. The summed E-state index contributed by atoms with van der Waals surface area (Å²) in [5.74, 6) is -3.55. The zero-order valence-electron chi connectivity index (χ0n) is 22.1. The number of rotatable bonds is 10. The van der Waals surface area contributed by atoms with Crippen LogP contribution in [-0.2, 0) is 20.9 Å². The predicted molar refractivity (Wildman–Crippen MR) is 159 cm³/mol. The van der Waals surface area contributed by atoms with Gasteiger partial charge in [0.15, 0.2) is 21.4 Å². The fourth-order valence-corrected chi connectivity index (χ4v) is 8.70. The summed E-state index contributed by atoms with van der Waals surface area (Å²) in [6.07, 6.45) is 5.15. The number of aliphatic carboxylic acids is 1. The zero-order chi connectivity index (χ0) is 31.1. The first-order valence-electron chi connectivity index (χ1n) is 12.5. The van der Waals surface area contributed by atoms with Crippen molar-refractivity contribution in [3.05, 3.63) is 63.6 Å². The van der Waals surface area contributed by atoms with Crippen molar-refractivity contribution in [2.24, 2.45) is 5.16 Å². The number of carboxylic acid groups (broad SMARTS) is 2. The number of nitrogens with one attached hydrogen (secondary N) is 1. The molecular formula is C24H20N9O7S4+. The van der Waals surface area contributed by atoms with Crippen LogP contribution in [0.15, 0.2) is 56.9 Å². The van der Waals surface area contributed by atoms with E-state index in [1.165, 1.54) is 28.9 Å². The van der Waals surface area contributed by atoms with Crippen molar-refractivity contribution in [1.29, 1.82) is 0 Å². The van der Waals surface area contributed by atoms with Gasteiger partial charge in [-0.15, -0.1) is 39.0 Å². The fourth-order valence-electron chi connectivity index (χ4n) is 4.66. The van der Waals surface area contributed by atoms with Crippen molar-refractivity contribution in [2.45, 2.75) is 22.3 Å². The molecule has 0 saturated carbocycles. The molecule has 1 fully saturated rings. The smallest absolute Gasteiger partial charge is 0.352 e. The molecule has 2 aliphatic rings. The fraction of sp³-hybridized carbons (Fsp3) is 0.208. The third-order valence-corrected chi connectivity index (χ3v) is 10.9. The number of nitrogens with two attached hydrogens (primary N) is 1. The van der Waals surface area contributed by atoms with Gasteiger partial charge in [0.05, 0.1) is 6.20 Å². The number of oxime groups is 1. The van der Waals surface area contributed by atoms with Crippen LogP contribution in [-0.4, -0.2) is 92.3 Å². The highest BCUT2D eigenvalue weighted by molar-refractivity contribution is 8.01. The summed E-state index contributed by atoms with van der Waals surface area (Å²) in [6.45, 7) is 0.190. The summed E-state index contributed by atoms with van der Waals surface area (Å²) in [6, 6.07) is 2.56. The van der Waals surface area contributed by atoms with Crippen molar-refractivity contribution in [3.63, 3.8) is 0 Å². The number of hydrogen-bond donors (Lipinski definition) is 5. The molecule has 0 aromatic carbocycles. The molecule has 2 aliphatic heterocycles. The number of amides is 2. The second-order valence-electron chi connectivity index (χ2n) is 9.24. The van der Waals surface area contributed by atoms with Crippen molar-refractivity contribution in [2.75, 3.05) is 17.2 Å². The van der Waals surface area contributed by atoms with Gasteiger partial charge in [-0.3, -0.25) is 14.5 Å². The van der Waals surface area contributed by atoms with E-state index in [2.05, 4.69) is 25.5 Å². The monoisotopic (exact) mass is 674 g/mol. The highest BCUT2D eigenvalue weighted by Crippen LogP contribution is 2.42. The van der Waals surface area contributed by atoms with Crippen LogP contribution in [0.2, 0.25) is 0 Å². The van der Waals surface area contributed by atoms with Crippen LogP contribution >= 0.6 is 46.2 Å². The second kappa shape index (κ2) is 11.9. The normalized spacial score (nSPS) is 18.3. The Morgan fingerprint density at radius 1 is 1.25 bits per heavy atom. The minimum absolute atomic E-state index is 0.0341. The van der Waals surface area contributed by atoms with Crippen LogP contribution in [0.4, 0.5) is 5.13 Å². The highest BCUT2D eigenvalue weighted by atomic mass is 32.2. The molecule has 20 heteroatoms. The highest BCUT2D eigenvalue weighted by Gasteiger charge is 2.54. The Labute approximate surface area is 262 Å². The number of carbonyl (C=O) groups excluding carboxylic acids is 2. The van der Waals surface area contributed by atoms with Crippen LogP contribution in [0.5, 0.6) is 0 Å². The Morgan fingerprint density at radius 2 is 2.07 bits per heavy atom. The maximum atomic E-state index is 13.1. The predicted octanol–water partition coefficient (Wildman–Crippen LogP) is 0.573. The molecule has 226 valence electrons. The Kier molecular flexibility index (Phi) is 7.97. The Bertz CT molecular complexity index is 1900. The first-order chi connectivity index (χ1) is 21.2. The molecule has 2 amide bonds. The SMILES string of the molecule is Nc1nc(/C(=N\O)C(=O)N[C@@H]2C(=O)N3C(C(=O)O)=C(CSc4nc(C[n+]5ccn6ncccc65)c(C(=O)O)s4)CSC23)cs1. The molecule has 4 aromatic heterocycles. The van der Waals surface area contributed by atoms with Gasteiger partial charge in [-0.2, -0.15) is 0 Å². The summed E-state index contributed by atoms with van der Waals surface area (Å²) in [7, 11) is 0. The van der Waals surface area contributed by atoms with Crippen LogP contribution in [0.1, 0.15) is 21.1 Å². The third kappa shape index (κ3) is 5.36. The zero-order valence-corrected chi connectivity index (χ0v) is 25.3. The maximum Gasteiger partial charge on any atom is 0.352 e. The van der Waals surface area contributed by atoms with E-state index in [9.17, 15) is 34.6 Å². The van der Waals surface area contributed by atoms with Gasteiger partial charge >= 0.3 is 17.6 Å². The lowest BCUT2D eigenvalue weighted by Gasteiger charge is -2.49. The summed E-state index contributed by atoms with van der Waals surface area (Å²) < 4.78 is 3.90. The van der Waals surface area contributed by atoms with Gasteiger partial charge in [-0.05, 0) is 11.6 Å². The molecular weight excluding hydrogens is 655 g/mol. The number of carboxylic acids is 2. The average molecular weight is 675 g/mol. The number of aromatic carboxylic acids is 1. The van der Waals surface area contributed by atoms with Crippen LogP contribution in [0.25, 0.3) is 5.65 Å². The lowest BCUT2D eigenvalue weighted by molar-refractivity contribution is -0.662. The summed E-state index contributed by atoms with van der Waals surface area (Å²) in [5.41, 5.74) is 6.54. The molecule has 1 unspecified atom stereocenters. The Morgan fingerprint density at radius 3 is 2.77 bits per heavy atom. The molecule has 16 nitrogen and oxygen atoms in total. The summed E-state index contributed by atoms with van der Waals surface area (Å²) in [5, 5.41) is 39.7. The maximum absolute atomic E-state index is 13.1. The molecule has 6 rings (SSSR count). The van der Waals surface area contributed by atoms with Crippen molar-refractivity contribution < 1.29 is 39.2 Å². The molecule has 0 spiro atoms. The van der Waals surface area contributed by atoms with Gasteiger partial charge in [-0.25, -0.2) is 24.1 Å². The molecule has 1 saturated heterocycles. The van der Waals surface area contributed by atoms with Crippen LogP contribution in [0, 0.1) is 0 Å². The molecule has 2 atom stereocenters. The third-order valence-electron chi connectivity index (χ3n) is 6.62. The molecule has 6 heterocycles. The number of thiazole rings is 2. The topological polar surface area (TPSA) is 230 Å². The number of carbonyl (C=O) groups is 4. The van der Waals surface area contributed by atoms with E-state index >= 15 is 0 Å². The van der Waals surface area contributed by atoms with E-state index in [1.807, 2.05) is 10.6 Å². The van der Waals surface area contributed by atoms with Gasteiger partial charge in [0.2, 0.25) is 0 Å². The average Bonchev–Trinajstić information content (AvgIpc) is 3.73. The molecule has 6 N–H and O–H groups in total. The largest absolute Gasteiger partial charge is 0.477 e. The van der Waals surface area contributed by atoms with E-state index in [0.29, 0.717) is 15.6 Å². The standard InChI is InChI=1S/C24H19N9O7S4/c25-23-27-12(9-42-23)14(30-40)18(34)29-15-19(35)33-16(21(36)37)10(7-41-20(15)33)8-43-24-28-11(17(44-24)22(38)39)6-31-4-5-32-13(31)2-1-3-26-32/h1-5,9,15,20H,6-8H2,(H5-,25,27,29,34,36,37,38,39,40)/p+1/t15-,20?/m1/s1. The van der Waals surface area contributed by atoms with Gasteiger partial charge < -0.3 is 26.5 Å². The molecule has 0 radical (unpaired) electrons. The molecule has 44 heavy (non-hydrogen) atoms. The number of anilines is 1. The van der Waals surface area contributed by atoms with E-state index in [0.717, 1.165) is 33.2 Å². The number of aromatic nitrogens is 5. The van der Waals surface area contributed by atoms with Gasteiger partial charge in [0.1, 0.15) is 46.1 Å². The van der Waals surface area contributed by atoms with Crippen molar-refractivity contribution in [1.82, 2.24) is 29.8 Å². The second-order valence-corrected chi connectivity index (χ2v) is 13.5. The number of thioether (sulfide) groups is 2. The van der Waals surface area contributed by atoms with Crippen LogP contribution in [0.3, 0.4) is 0 Å². The van der Waals surface area contributed by atoms with E-state index in [-0.39, 0.29) is 39.5 Å². The van der Waals surface area contributed by atoms with Gasteiger partial charge in [0, 0.05) is 23.0 Å². The lowest BCUT2D eigenvalue weighted by atomic mass is 10.0. The minimum atomic E-state index is -1.31. The van der Waals surface area contributed by atoms with E-state index in [1.54, 1.807) is 29.2 Å².